The summed E-state index contributed by atoms with van der Waals surface area (Å²) in [6.07, 6.45) is 1.51. The van der Waals surface area contributed by atoms with E-state index in [0.717, 1.165) is 11.1 Å². The van der Waals surface area contributed by atoms with Crippen molar-refractivity contribution in [2.45, 2.75) is 33.4 Å². The van der Waals surface area contributed by atoms with Gasteiger partial charge in [-0.1, -0.05) is 48.0 Å². The average molecular weight is 460 g/mol. The SMILES string of the molecule is CCOc1cc(C=NNC(=O)C(C)NC(=O)c2ccccc2)ccc1OCc1ccc(C)cc1. The Morgan fingerprint density at radius 3 is 2.41 bits per heavy atom. The van der Waals surface area contributed by atoms with Gasteiger partial charge >= 0.3 is 0 Å². The average Bonchev–Trinajstić information content (AvgIpc) is 2.85. The minimum Gasteiger partial charge on any atom is -0.490 e. The van der Waals surface area contributed by atoms with Gasteiger partial charge in [0.2, 0.25) is 0 Å². The summed E-state index contributed by atoms with van der Waals surface area (Å²) in [6, 6.07) is 21.5. The molecule has 3 rings (SSSR count). The van der Waals surface area contributed by atoms with Gasteiger partial charge in [0.15, 0.2) is 11.5 Å². The highest BCUT2D eigenvalue weighted by Crippen LogP contribution is 2.29. The van der Waals surface area contributed by atoms with Crippen molar-refractivity contribution in [2.24, 2.45) is 5.10 Å². The molecular weight excluding hydrogens is 430 g/mol. The summed E-state index contributed by atoms with van der Waals surface area (Å²) >= 11 is 0. The van der Waals surface area contributed by atoms with Gasteiger partial charge in [-0.3, -0.25) is 9.59 Å². The van der Waals surface area contributed by atoms with E-state index < -0.39 is 11.9 Å². The van der Waals surface area contributed by atoms with Gasteiger partial charge in [0.25, 0.3) is 11.8 Å². The van der Waals surface area contributed by atoms with Crippen molar-refractivity contribution in [3.63, 3.8) is 0 Å². The molecule has 0 fully saturated rings. The zero-order valence-electron chi connectivity index (χ0n) is 19.6. The molecule has 1 unspecified atom stereocenters. The number of ether oxygens (including phenoxy) is 2. The molecule has 0 spiro atoms. The molecule has 0 aliphatic heterocycles. The van der Waals surface area contributed by atoms with E-state index in [2.05, 4.69) is 15.8 Å². The quantitative estimate of drug-likeness (QED) is 0.351. The van der Waals surface area contributed by atoms with E-state index in [9.17, 15) is 9.59 Å². The van der Waals surface area contributed by atoms with Crippen LogP contribution >= 0.6 is 0 Å². The van der Waals surface area contributed by atoms with E-state index in [1.165, 1.54) is 11.8 Å². The van der Waals surface area contributed by atoms with E-state index in [1.807, 2.05) is 56.3 Å². The van der Waals surface area contributed by atoms with Gasteiger partial charge in [-0.25, -0.2) is 5.43 Å². The minimum absolute atomic E-state index is 0.324. The van der Waals surface area contributed by atoms with Crippen LogP contribution in [-0.4, -0.2) is 30.7 Å². The number of hydrogen-bond acceptors (Lipinski definition) is 5. The van der Waals surface area contributed by atoms with Crippen molar-refractivity contribution in [3.8, 4) is 11.5 Å². The number of carbonyl (C=O) groups is 2. The number of carbonyl (C=O) groups excluding carboxylic acids is 2. The lowest BCUT2D eigenvalue weighted by atomic mass is 10.2. The second kappa shape index (κ2) is 12.2. The molecule has 0 saturated heterocycles. The predicted molar refractivity (Wildman–Crippen MR) is 132 cm³/mol. The molecule has 7 heteroatoms. The standard InChI is InChI=1S/C27H29N3O4/c1-4-33-25-16-22(14-15-24(25)34-18-21-12-10-19(2)11-13-21)17-28-30-26(31)20(3)29-27(32)23-8-6-5-7-9-23/h5-17,20H,4,18H2,1-3H3,(H,29,32)(H,30,31). The van der Waals surface area contributed by atoms with Gasteiger partial charge in [-0.15, -0.1) is 0 Å². The summed E-state index contributed by atoms with van der Waals surface area (Å²) < 4.78 is 11.7. The number of aryl methyl sites for hydroxylation is 1. The maximum atomic E-state index is 12.3. The third-order valence-electron chi connectivity index (χ3n) is 4.95. The van der Waals surface area contributed by atoms with Gasteiger partial charge in [0.05, 0.1) is 12.8 Å². The van der Waals surface area contributed by atoms with Crippen molar-refractivity contribution in [2.75, 3.05) is 6.61 Å². The molecule has 0 aliphatic rings. The van der Waals surface area contributed by atoms with Gasteiger partial charge < -0.3 is 14.8 Å². The summed E-state index contributed by atoms with van der Waals surface area (Å²) in [5, 5.41) is 6.65. The van der Waals surface area contributed by atoms with Gasteiger partial charge in [0.1, 0.15) is 12.6 Å². The first-order chi connectivity index (χ1) is 16.5. The van der Waals surface area contributed by atoms with Gasteiger partial charge in [-0.05, 0) is 62.2 Å². The molecule has 0 aliphatic carbocycles. The van der Waals surface area contributed by atoms with Crippen molar-refractivity contribution in [1.29, 1.82) is 0 Å². The monoisotopic (exact) mass is 459 g/mol. The Morgan fingerprint density at radius 1 is 0.971 bits per heavy atom. The van der Waals surface area contributed by atoms with E-state index in [1.54, 1.807) is 37.3 Å². The van der Waals surface area contributed by atoms with Crippen LogP contribution in [0.5, 0.6) is 11.5 Å². The van der Waals surface area contributed by atoms with E-state index in [-0.39, 0.29) is 5.91 Å². The number of rotatable bonds is 10. The van der Waals surface area contributed by atoms with E-state index in [0.29, 0.717) is 30.3 Å². The molecule has 0 radical (unpaired) electrons. The lowest BCUT2D eigenvalue weighted by molar-refractivity contribution is -0.122. The Bertz CT molecular complexity index is 1130. The number of amides is 2. The maximum absolute atomic E-state index is 12.3. The summed E-state index contributed by atoms with van der Waals surface area (Å²) in [5.74, 6) is 0.465. The molecule has 2 N–H and O–H groups in total. The Balaban J connectivity index is 1.56. The van der Waals surface area contributed by atoms with Crippen LogP contribution in [0.4, 0.5) is 0 Å². The molecule has 0 bridgehead atoms. The van der Waals surface area contributed by atoms with Crippen LogP contribution in [0, 0.1) is 6.92 Å². The van der Waals surface area contributed by atoms with Crippen LogP contribution in [0.15, 0.2) is 77.9 Å². The highest BCUT2D eigenvalue weighted by molar-refractivity contribution is 5.97. The summed E-state index contributed by atoms with van der Waals surface area (Å²) in [6.45, 7) is 6.45. The number of hydrazone groups is 1. The molecule has 2 amide bonds. The molecular formula is C27H29N3O4. The van der Waals surface area contributed by atoms with Crippen LogP contribution in [0.2, 0.25) is 0 Å². The van der Waals surface area contributed by atoms with Crippen LogP contribution in [0.1, 0.15) is 40.9 Å². The highest BCUT2D eigenvalue weighted by Gasteiger charge is 2.16. The molecule has 3 aromatic carbocycles. The Kier molecular flexibility index (Phi) is 8.80. The van der Waals surface area contributed by atoms with Crippen molar-refractivity contribution < 1.29 is 19.1 Å². The minimum atomic E-state index is -0.749. The van der Waals surface area contributed by atoms with Gasteiger partial charge in [0, 0.05) is 5.56 Å². The lowest BCUT2D eigenvalue weighted by Gasteiger charge is -2.13. The number of hydrogen-bond donors (Lipinski definition) is 2. The third-order valence-corrected chi connectivity index (χ3v) is 4.95. The zero-order valence-corrected chi connectivity index (χ0v) is 19.6. The summed E-state index contributed by atoms with van der Waals surface area (Å²) in [4.78, 5) is 24.5. The Hall–Kier alpha value is -4.13. The zero-order chi connectivity index (χ0) is 24.3. The first kappa shape index (κ1) is 24.5. The fourth-order valence-electron chi connectivity index (χ4n) is 3.04. The van der Waals surface area contributed by atoms with Crippen LogP contribution in [0.3, 0.4) is 0 Å². The lowest BCUT2D eigenvalue weighted by Crippen LogP contribution is -2.43. The fraction of sp³-hybridized carbons (Fsp3) is 0.222. The van der Waals surface area contributed by atoms with Crippen molar-refractivity contribution in [3.05, 3.63) is 95.1 Å². The van der Waals surface area contributed by atoms with E-state index >= 15 is 0 Å². The maximum Gasteiger partial charge on any atom is 0.262 e. The topological polar surface area (TPSA) is 89.0 Å². The molecule has 176 valence electrons. The third kappa shape index (κ3) is 7.20. The van der Waals surface area contributed by atoms with Crippen molar-refractivity contribution >= 4 is 18.0 Å². The van der Waals surface area contributed by atoms with E-state index in [4.69, 9.17) is 9.47 Å². The molecule has 0 heterocycles. The van der Waals surface area contributed by atoms with Crippen LogP contribution in [-0.2, 0) is 11.4 Å². The van der Waals surface area contributed by atoms with Crippen LogP contribution in [0.25, 0.3) is 0 Å². The largest absolute Gasteiger partial charge is 0.490 e. The number of nitrogens with zero attached hydrogens (tertiary/aromatic N) is 1. The van der Waals surface area contributed by atoms with Crippen molar-refractivity contribution in [1.82, 2.24) is 10.7 Å². The second-order valence-electron chi connectivity index (χ2n) is 7.71. The second-order valence-corrected chi connectivity index (χ2v) is 7.71. The summed E-state index contributed by atoms with van der Waals surface area (Å²) in [7, 11) is 0. The molecule has 0 saturated carbocycles. The normalized spacial score (nSPS) is 11.6. The predicted octanol–water partition coefficient (Wildman–Crippen LogP) is 4.24. The molecule has 7 nitrogen and oxygen atoms in total. The first-order valence-corrected chi connectivity index (χ1v) is 11.1. The fourth-order valence-corrected chi connectivity index (χ4v) is 3.04. The highest BCUT2D eigenvalue weighted by atomic mass is 16.5. The number of benzene rings is 3. The van der Waals surface area contributed by atoms with Crippen LogP contribution < -0.4 is 20.2 Å². The number of nitrogens with one attached hydrogen (secondary N) is 2. The molecule has 34 heavy (non-hydrogen) atoms. The smallest absolute Gasteiger partial charge is 0.262 e. The molecule has 1 atom stereocenters. The van der Waals surface area contributed by atoms with Gasteiger partial charge in [-0.2, -0.15) is 5.10 Å². The summed E-state index contributed by atoms with van der Waals surface area (Å²) in [5.41, 5.74) is 5.92. The first-order valence-electron chi connectivity index (χ1n) is 11.1. The molecule has 3 aromatic rings. The Morgan fingerprint density at radius 2 is 1.71 bits per heavy atom. The Labute approximate surface area is 199 Å². The molecule has 0 aromatic heterocycles.